The zero-order valence-electron chi connectivity index (χ0n) is 33.5. The van der Waals surface area contributed by atoms with E-state index in [0.29, 0.717) is 25.9 Å². The Labute approximate surface area is 343 Å². The van der Waals surface area contributed by atoms with Crippen LogP contribution in [0.15, 0.2) is 72.8 Å². The van der Waals surface area contributed by atoms with E-state index in [9.17, 15) is 49.5 Å². The van der Waals surface area contributed by atoms with E-state index in [2.05, 4.69) is 6.58 Å². The topological polar surface area (TPSA) is 242 Å². The van der Waals surface area contributed by atoms with Gasteiger partial charge in [-0.25, -0.2) is 19.2 Å². The van der Waals surface area contributed by atoms with Crippen LogP contribution in [0.4, 0.5) is 4.79 Å². The highest BCUT2D eigenvalue weighted by Gasteiger charge is 2.86. The molecule has 0 unspecified atom stereocenters. The van der Waals surface area contributed by atoms with Crippen molar-refractivity contribution in [2.24, 2.45) is 5.92 Å². The number of aliphatic hydroxyl groups is 2. The van der Waals surface area contributed by atoms with Crippen molar-refractivity contribution in [2.75, 3.05) is 13.2 Å². The van der Waals surface area contributed by atoms with Crippen LogP contribution in [0.25, 0.3) is 0 Å². The Hall–Kier alpha value is -5.03. The molecule has 0 amide bonds. The van der Waals surface area contributed by atoms with E-state index in [1.54, 1.807) is 6.92 Å². The zero-order valence-corrected chi connectivity index (χ0v) is 33.5. The average molecular weight is 829 g/mol. The molecule has 0 aromatic heterocycles. The molecule has 2 bridgehead atoms. The van der Waals surface area contributed by atoms with Crippen LogP contribution in [0.2, 0.25) is 0 Å². The van der Waals surface area contributed by atoms with Gasteiger partial charge in [-0.2, -0.15) is 0 Å². The Kier molecular flexibility index (Phi) is 16.8. The van der Waals surface area contributed by atoms with Crippen LogP contribution in [0.1, 0.15) is 90.0 Å². The number of hydrogen-bond donors (Lipinski definition) is 5. The number of carbonyl (C=O) groups is 5. The summed E-state index contributed by atoms with van der Waals surface area (Å²) in [6.07, 6.45) is -2.55. The minimum absolute atomic E-state index is 0.175. The van der Waals surface area contributed by atoms with E-state index in [1.807, 2.05) is 60.7 Å². The summed E-state index contributed by atoms with van der Waals surface area (Å²) in [7, 11) is 0. The fourth-order valence-corrected chi connectivity index (χ4v) is 7.74. The van der Waals surface area contributed by atoms with E-state index in [4.69, 9.17) is 28.4 Å². The number of ether oxygens (including phenoxy) is 6. The molecule has 4 rings (SSSR count). The van der Waals surface area contributed by atoms with E-state index in [0.717, 1.165) is 56.3 Å². The van der Waals surface area contributed by atoms with Crippen molar-refractivity contribution in [3.8, 4) is 5.75 Å². The minimum atomic E-state index is -3.94. The second-order valence-electron chi connectivity index (χ2n) is 15.1. The van der Waals surface area contributed by atoms with Crippen LogP contribution < -0.4 is 4.74 Å². The molecule has 59 heavy (non-hydrogen) atoms. The molecule has 324 valence electrons. The first-order valence-electron chi connectivity index (χ1n) is 20.0. The Morgan fingerprint density at radius 3 is 1.92 bits per heavy atom. The standard InChI is InChI=1S/C43H56O16/c1-28(33(56-30(3)44)29(2)27-31-19-13-11-14-20-31)23-24-41-34(45)35(43(59-41,39(50)51)42(53,38(48)49)36(58-41)37(46)47)57-40(52)55-26-18-10-8-6-4-5-7-9-17-25-54-32-21-15-12-16-22-32/h11-16,19-22,29,33-36,45,53H,1,4-10,17-18,23-27H2,2-3H3,(H,46,47)(H,48,49)(H,50,51)/t29-,33-,34-,35-,36-,41+,42-,43+/m1/s1. The first-order chi connectivity index (χ1) is 28.1. The lowest BCUT2D eigenvalue weighted by Gasteiger charge is -2.48. The minimum Gasteiger partial charge on any atom is -0.494 e. The summed E-state index contributed by atoms with van der Waals surface area (Å²) in [5.41, 5.74) is -6.39. The lowest BCUT2D eigenvalue weighted by molar-refractivity contribution is -0.374. The molecule has 0 spiro atoms. The zero-order chi connectivity index (χ0) is 43.2. The first kappa shape index (κ1) is 46.7. The van der Waals surface area contributed by atoms with Gasteiger partial charge in [0.05, 0.1) is 13.2 Å². The van der Waals surface area contributed by atoms with Crippen LogP contribution in [0.3, 0.4) is 0 Å². The summed E-state index contributed by atoms with van der Waals surface area (Å²) in [5.74, 6) is -9.59. The number of carbonyl (C=O) groups excluding carboxylic acids is 2. The van der Waals surface area contributed by atoms with Crippen LogP contribution in [-0.4, -0.2) is 110 Å². The van der Waals surface area contributed by atoms with Crippen LogP contribution >= 0.6 is 0 Å². The lowest BCUT2D eigenvalue weighted by Crippen LogP contribution is -2.78. The predicted octanol–water partition coefficient (Wildman–Crippen LogP) is 5.45. The summed E-state index contributed by atoms with van der Waals surface area (Å²) in [6.45, 7) is 7.51. The number of para-hydroxylation sites is 1. The van der Waals surface area contributed by atoms with Gasteiger partial charge in [-0.3, -0.25) is 4.79 Å². The van der Waals surface area contributed by atoms with Crippen molar-refractivity contribution in [1.82, 2.24) is 0 Å². The fraction of sp³-hybridized carbons (Fsp3) is 0.558. The summed E-state index contributed by atoms with van der Waals surface area (Å²) in [6, 6.07) is 18.9. The smallest absolute Gasteiger partial charge is 0.494 e. The summed E-state index contributed by atoms with van der Waals surface area (Å²) < 4.78 is 32.8. The molecule has 2 fully saturated rings. The third-order valence-corrected chi connectivity index (χ3v) is 10.8. The molecule has 0 radical (unpaired) electrons. The summed E-state index contributed by atoms with van der Waals surface area (Å²) in [5, 5.41) is 53.8. The SMILES string of the molecule is C=C(CC[C@]12O[C@H](C(=O)O)[C@@](O)(C(=O)O)[C@](C(=O)O)(O1)[C@H](OC(=O)OCCCCCCCCCCCOc1ccccc1)[C@H]2O)[C@@H](OC(C)=O)[C@H](C)Cc1ccccc1. The first-order valence-corrected chi connectivity index (χ1v) is 20.0. The van der Waals surface area contributed by atoms with Gasteiger partial charge >= 0.3 is 30.0 Å². The normalized spacial score (nSPS) is 25.6. The number of carboxylic acids is 3. The van der Waals surface area contributed by atoms with Gasteiger partial charge in [-0.15, -0.1) is 0 Å². The predicted molar refractivity (Wildman–Crippen MR) is 208 cm³/mol. The summed E-state index contributed by atoms with van der Waals surface area (Å²) >= 11 is 0. The molecule has 2 heterocycles. The molecule has 5 N–H and O–H groups in total. The van der Waals surface area contributed by atoms with Gasteiger partial charge < -0.3 is 54.0 Å². The van der Waals surface area contributed by atoms with Crippen molar-refractivity contribution in [3.63, 3.8) is 0 Å². The van der Waals surface area contributed by atoms with Crippen LogP contribution in [0, 0.1) is 5.92 Å². The third-order valence-electron chi connectivity index (χ3n) is 10.8. The number of rotatable bonds is 25. The Balaban J connectivity index is 1.36. The van der Waals surface area contributed by atoms with Crippen molar-refractivity contribution < 1.29 is 77.9 Å². The van der Waals surface area contributed by atoms with E-state index in [-0.39, 0.29) is 24.5 Å². The molecule has 2 saturated heterocycles. The molecule has 0 saturated carbocycles. The highest BCUT2D eigenvalue weighted by Crippen LogP contribution is 2.56. The number of esters is 1. The molecule has 2 aromatic rings. The maximum Gasteiger partial charge on any atom is 0.508 e. The largest absolute Gasteiger partial charge is 0.508 e. The Morgan fingerprint density at radius 2 is 1.37 bits per heavy atom. The molecular weight excluding hydrogens is 772 g/mol. The number of carboxylic acid groups (broad SMARTS) is 3. The van der Waals surface area contributed by atoms with E-state index in [1.165, 1.54) is 6.92 Å². The fourth-order valence-electron chi connectivity index (χ4n) is 7.74. The Morgan fingerprint density at radius 1 is 0.814 bits per heavy atom. The van der Waals surface area contributed by atoms with Gasteiger partial charge in [-0.1, -0.05) is 107 Å². The number of fused-ring (bicyclic) bond motifs is 2. The van der Waals surface area contributed by atoms with Crippen LogP contribution in [0.5, 0.6) is 5.75 Å². The highest BCUT2D eigenvalue weighted by molar-refractivity contribution is 5.98. The Bertz CT molecular complexity index is 1740. The number of unbranched alkanes of at least 4 members (excludes halogenated alkanes) is 8. The quantitative estimate of drug-likeness (QED) is 0.0474. The van der Waals surface area contributed by atoms with E-state index >= 15 is 0 Å². The van der Waals surface area contributed by atoms with Crippen molar-refractivity contribution in [1.29, 1.82) is 0 Å². The van der Waals surface area contributed by atoms with Gasteiger partial charge in [0.2, 0.25) is 17.5 Å². The van der Waals surface area contributed by atoms with Crippen molar-refractivity contribution in [3.05, 3.63) is 78.4 Å². The lowest BCUT2D eigenvalue weighted by atomic mass is 9.74. The van der Waals surface area contributed by atoms with Gasteiger partial charge in [0.25, 0.3) is 5.60 Å². The third kappa shape index (κ3) is 11.2. The molecule has 16 nitrogen and oxygen atoms in total. The van der Waals surface area contributed by atoms with E-state index < -0.39 is 77.9 Å². The van der Waals surface area contributed by atoms with Crippen molar-refractivity contribution >= 4 is 30.0 Å². The highest BCUT2D eigenvalue weighted by atomic mass is 16.8. The molecule has 2 aliphatic rings. The molecule has 2 aromatic carbocycles. The number of aliphatic hydroxyl groups excluding tert-OH is 1. The van der Waals surface area contributed by atoms with Crippen LogP contribution in [-0.2, 0) is 49.3 Å². The average Bonchev–Trinajstić information content (AvgIpc) is 3.41. The number of hydrogen-bond acceptors (Lipinski definition) is 13. The molecule has 2 aliphatic heterocycles. The van der Waals surface area contributed by atoms with Crippen molar-refractivity contribution in [2.45, 2.75) is 132 Å². The molecule has 16 heteroatoms. The molecule has 0 aliphatic carbocycles. The van der Waals surface area contributed by atoms with Gasteiger partial charge in [0, 0.05) is 19.3 Å². The second-order valence-corrected chi connectivity index (χ2v) is 15.1. The second kappa shape index (κ2) is 21.3. The van der Waals surface area contributed by atoms with Gasteiger partial charge in [0.15, 0.2) is 6.10 Å². The maximum absolute atomic E-state index is 13.0. The molecule has 8 atom stereocenters. The molecular formula is C43H56O16. The van der Waals surface area contributed by atoms with Gasteiger partial charge in [0.1, 0.15) is 18.0 Å². The summed E-state index contributed by atoms with van der Waals surface area (Å²) in [4.78, 5) is 63.2. The maximum atomic E-state index is 13.0. The number of aliphatic carboxylic acids is 3. The monoisotopic (exact) mass is 828 g/mol. The van der Waals surface area contributed by atoms with Gasteiger partial charge in [-0.05, 0) is 49.0 Å². The number of benzene rings is 2.